The average molecular weight is 1010 g/mol. The lowest BCUT2D eigenvalue weighted by molar-refractivity contribution is -0.140. The maximum atomic E-state index is 13.9. The van der Waals surface area contributed by atoms with Crippen LogP contribution in [0.5, 0.6) is 5.75 Å². The van der Waals surface area contributed by atoms with Crippen LogP contribution in [-0.4, -0.2) is 131 Å². The molecule has 0 aliphatic carbocycles. The predicted molar refractivity (Wildman–Crippen MR) is 253 cm³/mol. The molecule has 3 fully saturated rings. The van der Waals surface area contributed by atoms with Crippen LogP contribution in [0.25, 0.3) is 10.4 Å². The van der Waals surface area contributed by atoms with Crippen molar-refractivity contribution in [1.82, 2.24) is 19.4 Å². The lowest BCUT2D eigenvalue weighted by atomic mass is 9.89. The number of piperidine rings is 2. The summed E-state index contributed by atoms with van der Waals surface area (Å²) in [6, 6.07) is 17.7. The standard InChI is InChI=1S/C46H48ClN7O13S2/c1-46(2)18-29(49-28-9-4-7-26(17-28)40-38(47)39(66-23-37(57)58)41(68-40)44(61)62)14-15-54(46)69(64,65)24-25-6-3-8-27(16-25)50-45(63)67-30-20-52(21-30)36(56)19-48-33-11-5-10-31-32(33)22-53(43(31)60)34-12-13-35(55)51-42(34)59/h3-11,16-17,29-30,34,48-49H,12-15,18-24H2,1-2H3,(H,50,63)(H,57,58)(H,61,62)(H,51,55,59)/t29-,34?/m0/s1. The molecular weight excluding hydrogens is 958 g/mol. The molecule has 2 atom stereocenters. The molecule has 364 valence electrons. The molecule has 0 radical (unpaired) electrons. The zero-order chi connectivity index (χ0) is 49.4. The van der Waals surface area contributed by atoms with E-state index in [1.165, 1.54) is 14.1 Å². The van der Waals surface area contributed by atoms with E-state index in [2.05, 4.69) is 21.3 Å². The number of likely N-dealkylation sites (tertiary alicyclic amines) is 1. The van der Waals surface area contributed by atoms with Crippen LogP contribution in [0.3, 0.4) is 0 Å². The highest BCUT2D eigenvalue weighted by Gasteiger charge is 2.43. The van der Waals surface area contributed by atoms with Crippen LogP contribution in [0.1, 0.15) is 70.7 Å². The van der Waals surface area contributed by atoms with Crippen molar-refractivity contribution >= 4 is 91.7 Å². The average Bonchev–Trinajstić information content (AvgIpc) is 3.78. The number of rotatable bonds is 16. The number of hydrogen-bond acceptors (Lipinski definition) is 14. The van der Waals surface area contributed by atoms with Gasteiger partial charge in [0.15, 0.2) is 17.2 Å². The molecule has 0 spiro atoms. The molecule has 1 unspecified atom stereocenters. The normalized spacial score (nSPS) is 19.3. The third-order valence-corrected chi connectivity index (χ3v) is 16.0. The molecule has 6 N–H and O–H groups in total. The molecule has 5 heterocycles. The van der Waals surface area contributed by atoms with Gasteiger partial charge in [0.2, 0.25) is 27.7 Å². The van der Waals surface area contributed by atoms with Gasteiger partial charge in [-0.3, -0.25) is 29.8 Å². The summed E-state index contributed by atoms with van der Waals surface area (Å²) >= 11 is 7.37. The smallest absolute Gasteiger partial charge is 0.412 e. The van der Waals surface area contributed by atoms with Crippen molar-refractivity contribution in [3.8, 4) is 16.2 Å². The van der Waals surface area contributed by atoms with E-state index in [0.717, 1.165) is 11.3 Å². The molecule has 0 saturated carbocycles. The Labute approximate surface area is 404 Å². The number of benzene rings is 3. The number of halogens is 1. The van der Waals surface area contributed by atoms with Crippen LogP contribution in [0.2, 0.25) is 5.02 Å². The van der Waals surface area contributed by atoms with E-state index in [1.807, 2.05) is 19.9 Å². The first kappa shape index (κ1) is 48.7. The summed E-state index contributed by atoms with van der Waals surface area (Å²) in [5, 5.41) is 30.2. The highest BCUT2D eigenvalue weighted by molar-refractivity contribution is 7.88. The van der Waals surface area contributed by atoms with E-state index >= 15 is 0 Å². The van der Waals surface area contributed by atoms with Gasteiger partial charge in [-0.2, -0.15) is 4.31 Å². The molecule has 3 saturated heterocycles. The van der Waals surface area contributed by atoms with E-state index in [9.17, 15) is 47.1 Å². The van der Waals surface area contributed by atoms with Crippen molar-refractivity contribution in [1.29, 1.82) is 0 Å². The molecular formula is C46H48ClN7O13S2. The third kappa shape index (κ3) is 10.8. The number of anilines is 3. The summed E-state index contributed by atoms with van der Waals surface area (Å²) in [5.74, 6) is -4.61. The van der Waals surface area contributed by atoms with Crippen LogP contribution in [0.4, 0.5) is 21.9 Å². The summed E-state index contributed by atoms with van der Waals surface area (Å²) in [5.41, 5.74) is 2.87. The van der Waals surface area contributed by atoms with E-state index in [1.54, 1.807) is 60.7 Å². The van der Waals surface area contributed by atoms with Crippen LogP contribution in [0.15, 0.2) is 66.7 Å². The van der Waals surface area contributed by atoms with Crippen molar-refractivity contribution in [2.24, 2.45) is 0 Å². The molecule has 8 rings (SSSR count). The first-order valence-corrected chi connectivity index (χ1v) is 24.7. The van der Waals surface area contributed by atoms with Gasteiger partial charge in [0, 0.05) is 59.3 Å². The Morgan fingerprint density at radius 1 is 0.971 bits per heavy atom. The fourth-order valence-electron chi connectivity index (χ4n) is 9.07. The van der Waals surface area contributed by atoms with E-state index in [4.69, 9.17) is 26.2 Å². The number of thiophene rings is 1. The summed E-state index contributed by atoms with van der Waals surface area (Å²) in [6.45, 7) is 3.52. The lowest BCUT2D eigenvalue weighted by Gasteiger charge is -2.45. The number of imide groups is 1. The first-order chi connectivity index (χ1) is 32.8. The van der Waals surface area contributed by atoms with Gasteiger partial charge in [-0.05, 0) is 80.6 Å². The molecule has 5 amide bonds. The van der Waals surface area contributed by atoms with Crippen molar-refractivity contribution in [3.05, 3.63) is 93.3 Å². The highest BCUT2D eigenvalue weighted by Crippen LogP contribution is 2.46. The number of aliphatic carboxylic acids is 1. The molecule has 3 aromatic carbocycles. The second-order valence-corrected chi connectivity index (χ2v) is 21.0. The number of hydrogen-bond donors (Lipinski definition) is 6. The van der Waals surface area contributed by atoms with E-state index in [-0.39, 0.29) is 90.7 Å². The Hall–Kier alpha value is -6.75. The van der Waals surface area contributed by atoms with Gasteiger partial charge < -0.3 is 40.1 Å². The number of fused-ring (bicyclic) bond motifs is 1. The third-order valence-electron chi connectivity index (χ3n) is 12.3. The maximum Gasteiger partial charge on any atom is 0.412 e. The highest BCUT2D eigenvalue weighted by atomic mass is 35.5. The van der Waals surface area contributed by atoms with E-state index < -0.39 is 58.3 Å². The van der Waals surface area contributed by atoms with Crippen molar-refractivity contribution in [2.45, 2.75) is 75.6 Å². The molecule has 4 aliphatic heterocycles. The minimum atomic E-state index is -3.85. The second kappa shape index (κ2) is 19.7. The summed E-state index contributed by atoms with van der Waals surface area (Å²) < 4.78 is 40.1. The zero-order valence-corrected chi connectivity index (χ0v) is 39.7. The summed E-state index contributed by atoms with van der Waals surface area (Å²) in [7, 11) is -3.85. The van der Waals surface area contributed by atoms with Gasteiger partial charge in [0.1, 0.15) is 17.2 Å². The number of carboxylic acids is 2. The second-order valence-electron chi connectivity index (χ2n) is 17.7. The van der Waals surface area contributed by atoms with Crippen LogP contribution in [0, 0.1) is 0 Å². The molecule has 4 aliphatic rings. The SMILES string of the molecule is CC1(C)C[C@@H](Nc2cccc(-c3sc(C(=O)O)c(OCC(=O)O)c3Cl)c2)CCN1S(=O)(=O)Cc1cccc(NC(=O)OC2CN(C(=O)CNc3cccc4c3CN(C3CCC(=O)NC3=O)C4=O)C2)c1. The van der Waals surface area contributed by atoms with Gasteiger partial charge in [-0.25, -0.2) is 22.8 Å². The summed E-state index contributed by atoms with van der Waals surface area (Å²) in [6.07, 6.45) is -0.0536. The number of sulfonamides is 1. The van der Waals surface area contributed by atoms with Crippen LogP contribution >= 0.6 is 22.9 Å². The minimum absolute atomic E-state index is 0.0166. The Balaban J connectivity index is 0.797. The summed E-state index contributed by atoms with van der Waals surface area (Å²) in [4.78, 5) is 89.3. The maximum absolute atomic E-state index is 13.9. The first-order valence-electron chi connectivity index (χ1n) is 21.9. The molecule has 23 heteroatoms. The molecule has 4 aromatic rings. The van der Waals surface area contributed by atoms with Crippen LogP contribution < -0.4 is 26.0 Å². The number of carboxylic acid groups (broad SMARTS) is 2. The van der Waals surface area contributed by atoms with Crippen LogP contribution in [-0.2, 0) is 46.2 Å². The fraction of sp³-hybridized carbons (Fsp3) is 0.370. The van der Waals surface area contributed by atoms with Crippen molar-refractivity contribution in [3.63, 3.8) is 0 Å². The number of carbonyl (C=O) groups is 7. The number of nitrogens with one attached hydrogen (secondary N) is 4. The zero-order valence-electron chi connectivity index (χ0n) is 37.3. The fourth-order valence-corrected chi connectivity index (χ4v) is 12.4. The lowest BCUT2D eigenvalue weighted by Crippen LogP contribution is -2.56. The van der Waals surface area contributed by atoms with Gasteiger partial charge in [0.25, 0.3) is 5.91 Å². The molecule has 69 heavy (non-hydrogen) atoms. The van der Waals surface area contributed by atoms with Gasteiger partial charge in [0.05, 0.1) is 30.3 Å². The Kier molecular flexibility index (Phi) is 13.9. The number of ether oxygens (including phenoxy) is 2. The number of carbonyl (C=O) groups excluding carboxylic acids is 5. The van der Waals surface area contributed by atoms with Crippen molar-refractivity contribution < 1.29 is 61.7 Å². The topological polar surface area (TPSA) is 270 Å². The number of aromatic carboxylic acids is 1. The number of nitrogens with zero attached hydrogens (tertiary/aromatic N) is 3. The van der Waals surface area contributed by atoms with Gasteiger partial charge in [-0.1, -0.05) is 41.9 Å². The Bertz CT molecular complexity index is 2870. The molecule has 0 bridgehead atoms. The largest absolute Gasteiger partial charge is 0.479 e. The quantitative estimate of drug-likeness (QED) is 0.0802. The van der Waals surface area contributed by atoms with E-state index in [0.29, 0.717) is 57.0 Å². The number of amides is 5. The Morgan fingerprint density at radius 2 is 1.71 bits per heavy atom. The Morgan fingerprint density at radius 3 is 2.43 bits per heavy atom. The monoisotopic (exact) mass is 1010 g/mol. The minimum Gasteiger partial charge on any atom is -0.479 e. The van der Waals surface area contributed by atoms with Gasteiger partial charge >= 0.3 is 18.0 Å². The molecule has 1 aromatic heterocycles. The van der Waals surface area contributed by atoms with Gasteiger partial charge in [-0.15, -0.1) is 11.3 Å². The molecule has 20 nitrogen and oxygen atoms in total. The van der Waals surface area contributed by atoms with Crippen molar-refractivity contribution in [2.75, 3.05) is 48.7 Å². The predicted octanol–water partition coefficient (Wildman–Crippen LogP) is 5.05.